The Balaban J connectivity index is 2.40. The molecule has 0 saturated heterocycles. The van der Waals surface area contributed by atoms with E-state index in [0.717, 1.165) is 4.68 Å². The Labute approximate surface area is 161 Å². The molecule has 0 aliphatic heterocycles. The van der Waals surface area contributed by atoms with Crippen LogP contribution in [0.15, 0.2) is 22.0 Å². The van der Waals surface area contributed by atoms with Gasteiger partial charge in [-0.3, -0.25) is 9.89 Å². The van der Waals surface area contributed by atoms with Gasteiger partial charge < -0.3 is 9.47 Å². The van der Waals surface area contributed by atoms with Crippen LogP contribution in [0.25, 0.3) is 0 Å². The van der Waals surface area contributed by atoms with Crippen LogP contribution in [0.2, 0.25) is 5.02 Å². The van der Waals surface area contributed by atoms with E-state index in [1.54, 1.807) is 19.1 Å². The van der Waals surface area contributed by atoms with Crippen molar-refractivity contribution in [2.45, 2.75) is 27.7 Å². The predicted octanol–water partition coefficient (Wildman–Crippen LogP) is 3.58. The quantitative estimate of drug-likeness (QED) is 0.571. The van der Waals surface area contributed by atoms with Crippen molar-refractivity contribution < 1.29 is 9.47 Å². The molecule has 0 bridgehead atoms. The molecule has 0 fully saturated rings. The van der Waals surface area contributed by atoms with Crippen LogP contribution < -0.4 is 15.0 Å². The van der Waals surface area contributed by atoms with Crippen LogP contribution in [-0.4, -0.2) is 34.3 Å². The zero-order chi connectivity index (χ0) is 19.3. The van der Waals surface area contributed by atoms with Crippen molar-refractivity contribution in [2.24, 2.45) is 11.0 Å². The zero-order valence-electron chi connectivity index (χ0n) is 15.1. The third-order valence-corrected chi connectivity index (χ3v) is 3.77. The molecule has 0 aliphatic rings. The number of hydrogen-bond donors (Lipinski definition) is 1. The summed E-state index contributed by atoms with van der Waals surface area (Å²) in [7, 11) is 0. The highest BCUT2D eigenvalue weighted by molar-refractivity contribution is 7.71. The number of nitrogens with one attached hydrogen (secondary N) is 1. The van der Waals surface area contributed by atoms with E-state index in [4.69, 9.17) is 33.3 Å². The third-order valence-electron chi connectivity index (χ3n) is 3.23. The summed E-state index contributed by atoms with van der Waals surface area (Å²) in [5.74, 6) is 1.37. The van der Waals surface area contributed by atoms with E-state index >= 15 is 0 Å². The molecule has 2 rings (SSSR count). The standard InChI is InChI=1S/C17H21ClN4O3S/c1-5-24-14-7-12(6-13(18)15(14)25-9-10(2)3)8-19-22-16(23)11(4)20-21-17(22)26/h6-8,10H,5,9H2,1-4H3,(H,21,26)/b19-8-. The van der Waals surface area contributed by atoms with Gasteiger partial charge >= 0.3 is 0 Å². The lowest BCUT2D eigenvalue weighted by Gasteiger charge is -2.15. The first-order valence-electron chi connectivity index (χ1n) is 8.15. The maximum absolute atomic E-state index is 12.1. The van der Waals surface area contributed by atoms with E-state index < -0.39 is 5.56 Å². The van der Waals surface area contributed by atoms with Gasteiger partial charge in [0.25, 0.3) is 5.56 Å². The minimum Gasteiger partial charge on any atom is -0.490 e. The Bertz CT molecular complexity index is 921. The second-order valence-corrected chi connectivity index (χ2v) is 6.74. The molecule has 0 aliphatic carbocycles. The normalized spacial score (nSPS) is 11.3. The minimum absolute atomic E-state index is 0.102. The van der Waals surface area contributed by atoms with Crippen molar-refractivity contribution in [1.29, 1.82) is 0 Å². The molecule has 0 amide bonds. The van der Waals surface area contributed by atoms with Gasteiger partial charge in [-0.2, -0.15) is 14.9 Å². The van der Waals surface area contributed by atoms with Crippen LogP contribution in [0, 0.1) is 17.6 Å². The number of aryl methyl sites for hydroxylation is 1. The van der Waals surface area contributed by atoms with Gasteiger partial charge in [0.1, 0.15) is 5.69 Å². The van der Waals surface area contributed by atoms with E-state index in [1.165, 1.54) is 6.21 Å². The summed E-state index contributed by atoms with van der Waals surface area (Å²) in [4.78, 5) is 12.1. The molecule has 1 aromatic carbocycles. The Morgan fingerprint density at radius 2 is 2.15 bits per heavy atom. The number of rotatable bonds is 7. The Morgan fingerprint density at radius 3 is 2.81 bits per heavy atom. The molecule has 1 heterocycles. The van der Waals surface area contributed by atoms with Gasteiger partial charge in [-0.15, -0.1) is 0 Å². The van der Waals surface area contributed by atoms with E-state index in [9.17, 15) is 4.79 Å². The molecular weight excluding hydrogens is 376 g/mol. The zero-order valence-corrected chi connectivity index (χ0v) is 16.6. The molecule has 7 nitrogen and oxygen atoms in total. The second kappa shape index (κ2) is 8.95. The van der Waals surface area contributed by atoms with Crippen molar-refractivity contribution >= 4 is 30.0 Å². The van der Waals surface area contributed by atoms with Gasteiger partial charge in [-0.1, -0.05) is 25.4 Å². The molecule has 9 heteroatoms. The summed E-state index contributed by atoms with van der Waals surface area (Å²) in [5.41, 5.74) is 0.519. The van der Waals surface area contributed by atoms with E-state index in [1.807, 2.05) is 20.8 Å². The molecule has 0 unspecified atom stereocenters. The third kappa shape index (κ3) is 4.92. The van der Waals surface area contributed by atoms with Crippen LogP contribution in [0.3, 0.4) is 0 Å². The SMILES string of the molecule is CCOc1cc(/C=N\n2c(=S)[nH]nc(C)c2=O)cc(Cl)c1OCC(C)C. The highest BCUT2D eigenvalue weighted by Crippen LogP contribution is 2.36. The average molecular weight is 397 g/mol. The number of H-pyrrole nitrogens is 1. The number of aromatic amines is 1. The van der Waals surface area contributed by atoms with Crippen LogP contribution in [0.1, 0.15) is 32.0 Å². The highest BCUT2D eigenvalue weighted by atomic mass is 35.5. The molecule has 0 saturated carbocycles. The van der Waals surface area contributed by atoms with Gasteiger partial charge in [-0.25, -0.2) is 0 Å². The number of aromatic nitrogens is 3. The lowest BCUT2D eigenvalue weighted by molar-refractivity contribution is 0.248. The molecule has 1 aromatic heterocycles. The largest absolute Gasteiger partial charge is 0.490 e. The van der Waals surface area contributed by atoms with Gasteiger partial charge in [0.2, 0.25) is 4.77 Å². The van der Waals surface area contributed by atoms with Crippen LogP contribution in [0.4, 0.5) is 0 Å². The predicted molar refractivity (Wildman–Crippen MR) is 104 cm³/mol. The summed E-state index contributed by atoms with van der Waals surface area (Å²) < 4.78 is 12.6. The van der Waals surface area contributed by atoms with E-state index in [2.05, 4.69) is 15.3 Å². The van der Waals surface area contributed by atoms with Crippen LogP contribution in [0.5, 0.6) is 11.5 Å². The van der Waals surface area contributed by atoms with Crippen molar-refractivity contribution in [3.63, 3.8) is 0 Å². The Morgan fingerprint density at radius 1 is 1.42 bits per heavy atom. The molecule has 2 aromatic rings. The smallest absolute Gasteiger partial charge is 0.296 e. The summed E-state index contributed by atoms with van der Waals surface area (Å²) >= 11 is 11.4. The monoisotopic (exact) mass is 396 g/mol. The number of hydrogen-bond acceptors (Lipinski definition) is 6. The number of ether oxygens (including phenoxy) is 2. The van der Waals surface area contributed by atoms with E-state index in [0.29, 0.717) is 41.2 Å². The first kappa shape index (κ1) is 20.1. The van der Waals surface area contributed by atoms with Crippen LogP contribution >= 0.6 is 23.8 Å². The molecule has 0 atom stereocenters. The van der Waals surface area contributed by atoms with Crippen LogP contribution in [-0.2, 0) is 0 Å². The summed E-state index contributed by atoms with van der Waals surface area (Å²) in [6.07, 6.45) is 1.48. The topological polar surface area (TPSA) is 81.5 Å². The first-order chi connectivity index (χ1) is 12.3. The lowest BCUT2D eigenvalue weighted by Crippen LogP contribution is -2.22. The number of halogens is 1. The maximum Gasteiger partial charge on any atom is 0.296 e. The molecule has 26 heavy (non-hydrogen) atoms. The first-order valence-corrected chi connectivity index (χ1v) is 8.94. The maximum atomic E-state index is 12.1. The summed E-state index contributed by atoms with van der Waals surface area (Å²) in [6, 6.07) is 3.44. The fraction of sp³-hybridized carbons (Fsp3) is 0.412. The average Bonchev–Trinajstić information content (AvgIpc) is 2.57. The van der Waals surface area contributed by atoms with Crippen molar-refractivity contribution in [1.82, 2.24) is 14.9 Å². The summed E-state index contributed by atoms with van der Waals surface area (Å²) in [6.45, 7) is 8.53. The number of benzene rings is 1. The van der Waals surface area contributed by atoms with Gasteiger partial charge in [0.05, 0.1) is 24.5 Å². The summed E-state index contributed by atoms with van der Waals surface area (Å²) in [5, 5.41) is 10.9. The van der Waals surface area contributed by atoms with Gasteiger partial charge in [0.15, 0.2) is 11.5 Å². The molecule has 140 valence electrons. The Kier molecular flexibility index (Phi) is 6.93. The van der Waals surface area contributed by atoms with Crippen molar-refractivity contribution in [2.75, 3.05) is 13.2 Å². The molecule has 0 radical (unpaired) electrons. The lowest BCUT2D eigenvalue weighted by atomic mass is 10.2. The van der Waals surface area contributed by atoms with E-state index in [-0.39, 0.29) is 10.5 Å². The fourth-order valence-electron chi connectivity index (χ4n) is 2.02. The molecular formula is C17H21ClN4O3S. The van der Waals surface area contributed by atoms with Gasteiger partial charge in [-0.05, 0) is 49.7 Å². The minimum atomic E-state index is -0.391. The van der Waals surface area contributed by atoms with Gasteiger partial charge in [0, 0.05) is 0 Å². The molecule has 0 spiro atoms. The molecule has 1 N–H and O–H groups in total. The second-order valence-electron chi connectivity index (χ2n) is 5.94. The van der Waals surface area contributed by atoms with Crippen molar-refractivity contribution in [3.05, 3.63) is 43.5 Å². The fourth-order valence-corrected chi connectivity index (χ4v) is 2.47. The Hall–Kier alpha value is -2.19. The highest BCUT2D eigenvalue weighted by Gasteiger charge is 2.13. The number of nitrogens with zero attached hydrogens (tertiary/aromatic N) is 3. The van der Waals surface area contributed by atoms with Crippen molar-refractivity contribution in [3.8, 4) is 11.5 Å².